The van der Waals surface area contributed by atoms with Gasteiger partial charge in [0.25, 0.3) is 0 Å². The Kier molecular flexibility index (Phi) is 8.36. The number of esters is 1. The maximum Gasteiger partial charge on any atom is 0.310 e. The summed E-state index contributed by atoms with van der Waals surface area (Å²) in [7, 11) is 0. The highest BCUT2D eigenvalue weighted by Gasteiger charge is 2.22. The number of aryl methyl sites for hydroxylation is 2. The summed E-state index contributed by atoms with van der Waals surface area (Å²) < 4.78 is 5.10. The van der Waals surface area contributed by atoms with Crippen molar-refractivity contribution in [3.63, 3.8) is 0 Å². The van der Waals surface area contributed by atoms with Gasteiger partial charge in [-0.2, -0.15) is 5.26 Å². The third kappa shape index (κ3) is 6.31. The molecule has 4 rings (SSSR count). The molecule has 0 saturated heterocycles. The van der Waals surface area contributed by atoms with Crippen molar-refractivity contribution >= 4 is 23.3 Å². The van der Waals surface area contributed by atoms with Crippen molar-refractivity contribution in [3.8, 4) is 6.07 Å². The average molecular weight is 482 g/mol. The third-order valence-corrected chi connectivity index (χ3v) is 6.45. The molecule has 1 amide bonds. The first-order valence-electron chi connectivity index (χ1n) is 12.5. The van der Waals surface area contributed by atoms with Crippen LogP contribution in [0.25, 0.3) is 0 Å². The Labute approximate surface area is 212 Å². The second-order valence-electron chi connectivity index (χ2n) is 8.91. The van der Waals surface area contributed by atoms with Crippen molar-refractivity contribution in [2.45, 2.75) is 45.6 Å². The van der Waals surface area contributed by atoms with E-state index >= 15 is 0 Å². The number of hydrogen-bond acceptors (Lipinski definition) is 5. The van der Waals surface area contributed by atoms with E-state index in [0.29, 0.717) is 31.6 Å². The van der Waals surface area contributed by atoms with E-state index in [9.17, 15) is 9.59 Å². The van der Waals surface area contributed by atoms with E-state index in [4.69, 9.17) is 10.00 Å². The molecule has 0 fully saturated rings. The van der Waals surface area contributed by atoms with Crippen LogP contribution >= 0.6 is 0 Å². The minimum Gasteiger partial charge on any atom is -0.466 e. The number of fused-ring (bicyclic) bond motifs is 1. The smallest absolute Gasteiger partial charge is 0.310 e. The van der Waals surface area contributed by atoms with Crippen LogP contribution in [0.5, 0.6) is 0 Å². The fourth-order valence-electron chi connectivity index (χ4n) is 4.57. The molecule has 0 bridgehead atoms. The van der Waals surface area contributed by atoms with Crippen molar-refractivity contribution in [1.29, 1.82) is 5.26 Å². The number of ether oxygens (including phenoxy) is 1. The van der Waals surface area contributed by atoms with Crippen LogP contribution in [-0.2, 0) is 40.1 Å². The lowest BCUT2D eigenvalue weighted by atomic mass is 9.99. The van der Waals surface area contributed by atoms with E-state index in [-0.39, 0.29) is 18.3 Å². The molecule has 6 nitrogen and oxygen atoms in total. The lowest BCUT2D eigenvalue weighted by molar-refractivity contribution is -0.142. The van der Waals surface area contributed by atoms with Crippen molar-refractivity contribution in [2.24, 2.45) is 0 Å². The molecule has 0 aromatic heterocycles. The zero-order chi connectivity index (χ0) is 25.3. The molecule has 3 aromatic carbocycles. The zero-order valence-electron chi connectivity index (χ0n) is 20.6. The fraction of sp³-hybridized carbons (Fsp3) is 0.300. The lowest BCUT2D eigenvalue weighted by Crippen LogP contribution is -2.35. The van der Waals surface area contributed by atoms with Crippen LogP contribution in [0.1, 0.15) is 47.6 Å². The molecular weight excluding hydrogens is 450 g/mol. The van der Waals surface area contributed by atoms with Crippen LogP contribution in [-0.4, -0.2) is 25.0 Å². The van der Waals surface area contributed by atoms with Crippen LogP contribution < -0.4 is 10.2 Å². The van der Waals surface area contributed by atoms with E-state index < -0.39 is 0 Å². The number of rotatable bonds is 9. The van der Waals surface area contributed by atoms with Crippen molar-refractivity contribution in [2.75, 3.05) is 23.4 Å². The van der Waals surface area contributed by atoms with Gasteiger partial charge in [-0.05, 0) is 78.8 Å². The molecule has 0 atom stereocenters. The topological polar surface area (TPSA) is 82.4 Å². The summed E-state index contributed by atoms with van der Waals surface area (Å²) in [6.45, 7) is 3.52. The second kappa shape index (κ2) is 12.0. The predicted molar refractivity (Wildman–Crippen MR) is 141 cm³/mol. The summed E-state index contributed by atoms with van der Waals surface area (Å²) in [4.78, 5) is 26.9. The molecule has 0 spiro atoms. The summed E-state index contributed by atoms with van der Waals surface area (Å²) in [5.41, 5.74) is 6.84. The Morgan fingerprint density at radius 2 is 1.83 bits per heavy atom. The lowest BCUT2D eigenvalue weighted by Gasteiger charge is -2.30. The maximum absolute atomic E-state index is 13.0. The van der Waals surface area contributed by atoms with Gasteiger partial charge in [0.15, 0.2) is 0 Å². The quantitative estimate of drug-likeness (QED) is 0.426. The standard InChI is InChI=1S/C30H31N3O3/c1-2-36-30(35)19-24-6-3-4-7-26(24)21-32-27-14-15-28-25(18-27)8-5-17-33(28)29(34)16-13-22-9-11-23(20-31)12-10-22/h3-4,6-7,9-12,14-15,18,32H,2,5,8,13,16-17,19,21H2,1H3. The molecule has 184 valence electrons. The van der Waals surface area contributed by atoms with Gasteiger partial charge in [0.05, 0.1) is 24.7 Å². The van der Waals surface area contributed by atoms with Gasteiger partial charge in [0.1, 0.15) is 0 Å². The normalized spacial score (nSPS) is 12.4. The molecular formula is C30H31N3O3. The zero-order valence-corrected chi connectivity index (χ0v) is 20.6. The van der Waals surface area contributed by atoms with Gasteiger partial charge in [-0.25, -0.2) is 0 Å². The molecule has 1 heterocycles. The number of hydrogen-bond donors (Lipinski definition) is 1. The van der Waals surface area contributed by atoms with E-state index in [1.54, 1.807) is 12.1 Å². The average Bonchev–Trinajstić information content (AvgIpc) is 2.91. The molecule has 1 N–H and O–H groups in total. The Hall–Kier alpha value is -4.11. The number of benzene rings is 3. The summed E-state index contributed by atoms with van der Waals surface area (Å²) in [6, 6.07) is 23.6. The van der Waals surface area contributed by atoms with E-state index in [1.165, 1.54) is 0 Å². The Morgan fingerprint density at radius 1 is 1.06 bits per heavy atom. The molecule has 1 aliphatic rings. The van der Waals surface area contributed by atoms with E-state index in [2.05, 4.69) is 17.5 Å². The number of anilines is 2. The van der Waals surface area contributed by atoms with Crippen LogP contribution in [0.3, 0.4) is 0 Å². The van der Waals surface area contributed by atoms with Crippen LogP contribution in [0.4, 0.5) is 11.4 Å². The van der Waals surface area contributed by atoms with Crippen LogP contribution in [0.15, 0.2) is 66.7 Å². The second-order valence-corrected chi connectivity index (χ2v) is 8.91. The van der Waals surface area contributed by atoms with Gasteiger partial charge in [0, 0.05) is 30.9 Å². The monoisotopic (exact) mass is 481 g/mol. The molecule has 0 radical (unpaired) electrons. The predicted octanol–water partition coefficient (Wildman–Crippen LogP) is 5.19. The molecule has 0 saturated carbocycles. The van der Waals surface area contributed by atoms with Crippen molar-refractivity contribution in [3.05, 3.63) is 94.5 Å². The largest absolute Gasteiger partial charge is 0.466 e. The first-order valence-corrected chi connectivity index (χ1v) is 12.5. The summed E-state index contributed by atoms with van der Waals surface area (Å²) in [5, 5.41) is 12.4. The highest BCUT2D eigenvalue weighted by atomic mass is 16.5. The molecule has 0 aliphatic carbocycles. The highest BCUT2D eigenvalue weighted by molar-refractivity contribution is 5.95. The molecule has 1 aliphatic heterocycles. The molecule has 3 aromatic rings. The van der Waals surface area contributed by atoms with E-state index in [1.807, 2.05) is 60.4 Å². The molecule has 6 heteroatoms. The van der Waals surface area contributed by atoms with Gasteiger partial charge in [-0.1, -0.05) is 36.4 Å². The third-order valence-electron chi connectivity index (χ3n) is 6.45. The Balaban J connectivity index is 1.39. The molecule has 36 heavy (non-hydrogen) atoms. The van der Waals surface area contributed by atoms with Crippen LogP contribution in [0, 0.1) is 11.3 Å². The number of carbonyl (C=O) groups is 2. The van der Waals surface area contributed by atoms with E-state index in [0.717, 1.165) is 53.0 Å². The van der Waals surface area contributed by atoms with Gasteiger partial charge in [0.2, 0.25) is 5.91 Å². The van der Waals surface area contributed by atoms with Crippen molar-refractivity contribution < 1.29 is 14.3 Å². The fourth-order valence-corrected chi connectivity index (χ4v) is 4.57. The van der Waals surface area contributed by atoms with Gasteiger partial charge in [-0.3, -0.25) is 9.59 Å². The Bertz CT molecular complexity index is 1260. The van der Waals surface area contributed by atoms with Crippen LogP contribution in [0.2, 0.25) is 0 Å². The number of nitriles is 1. The van der Waals surface area contributed by atoms with Gasteiger partial charge < -0.3 is 15.0 Å². The minimum atomic E-state index is -0.220. The number of nitrogens with one attached hydrogen (secondary N) is 1. The summed E-state index contributed by atoms with van der Waals surface area (Å²) in [5.74, 6) is -0.100. The first-order chi connectivity index (χ1) is 17.6. The number of amides is 1. The van der Waals surface area contributed by atoms with Crippen molar-refractivity contribution in [1.82, 2.24) is 0 Å². The SMILES string of the molecule is CCOC(=O)Cc1ccccc1CNc1ccc2c(c1)CCCN2C(=O)CCc1ccc(C#N)cc1. The minimum absolute atomic E-state index is 0.119. The summed E-state index contributed by atoms with van der Waals surface area (Å²) in [6.07, 6.45) is 3.21. The number of carbonyl (C=O) groups excluding carboxylic acids is 2. The summed E-state index contributed by atoms with van der Waals surface area (Å²) >= 11 is 0. The van der Waals surface area contributed by atoms with Gasteiger partial charge >= 0.3 is 5.97 Å². The Morgan fingerprint density at radius 3 is 2.58 bits per heavy atom. The molecule has 0 unspecified atom stereocenters. The highest BCUT2D eigenvalue weighted by Crippen LogP contribution is 2.30. The number of nitrogens with zero attached hydrogens (tertiary/aromatic N) is 2. The van der Waals surface area contributed by atoms with Gasteiger partial charge in [-0.15, -0.1) is 0 Å². The maximum atomic E-state index is 13.0. The first kappa shape index (κ1) is 25.0.